The van der Waals surface area contributed by atoms with Gasteiger partial charge in [0.25, 0.3) is 0 Å². The standard InChI is InChI=1S/C17H28N2O2/c1-4-21-17(20)13-15(2)18-11-8-12-19(3)14-16-9-6-5-7-10-16/h5-7,9-10,15,18H,4,8,11-14H2,1-3H3. The molecule has 4 nitrogen and oxygen atoms in total. The third kappa shape index (κ3) is 8.48. The molecule has 0 radical (unpaired) electrons. The van der Waals surface area contributed by atoms with Gasteiger partial charge in [-0.3, -0.25) is 4.79 Å². The van der Waals surface area contributed by atoms with Crippen molar-refractivity contribution < 1.29 is 9.53 Å². The summed E-state index contributed by atoms with van der Waals surface area (Å²) < 4.78 is 4.94. The zero-order valence-corrected chi connectivity index (χ0v) is 13.5. The Balaban J connectivity index is 2.09. The van der Waals surface area contributed by atoms with Gasteiger partial charge in [0.2, 0.25) is 0 Å². The molecule has 0 aliphatic heterocycles. The van der Waals surface area contributed by atoms with E-state index < -0.39 is 0 Å². The summed E-state index contributed by atoms with van der Waals surface area (Å²) in [6.07, 6.45) is 1.50. The van der Waals surface area contributed by atoms with Crippen molar-refractivity contribution in [2.24, 2.45) is 0 Å². The van der Waals surface area contributed by atoms with Gasteiger partial charge in [0.15, 0.2) is 0 Å². The predicted octanol–water partition coefficient (Wildman–Crippen LogP) is 2.44. The minimum Gasteiger partial charge on any atom is -0.466 e. The molecular weight excluding hydrogens is 264 g/mol. The number of nitrogens with one attached hydrogen (secondary N) is 1. The summed E-state index contributed by atoms with van der Waals surface area (Å²) in [4.78, 5) is 13.6. The topological polar surface area (TPSA) is 41.6 Å². The molecule has 1 rings (SSSR count). The highest BCUT2D eigenvalue weighted by molar-refractivity contribution is 5.69. The quantitative estimate of drug-likeness (QED) is 0.531. The number of esters is 1. The monoisotopic (exact) mass is 292 g/mol. The van der Waals surface area contributed by atoms with E-state index in [0.29, 0.717) is 13.0 Å². The van der Waals surface area contributed by atoms with Gasteiger partial charge in [0.1, 0.15) is 0 Å². The summed E-state index contributed by atoms with van der Waals surface area (Å²) >= 11 is 0. The SMILES string of the molecule is CCOC(=O)CC(C)NCCCN(C)Cc1ccccc1. The Morgan fingerprint density at radius 3 is 2.71 bits per heavy atom. The minimum atomic E-state index is -0.126. The smallest absolute Gasteiger partial charge is 0.307 e. The fourth-order valence-electron chi connectivity index (χ4n) is 2.21. The molecule has 118 valence electrons. The zero-order chi connectivity index (χ0) is 15.5. The van der Waals surface area contributed by atoms with Gasteiger partial charge in [-0.25, -0.2) is 0 Å². The fraction of sp³-hybridized carbons (Fsp3) is 0.588. The lowest BCUT2D eigenvalue weighted by atomic mass is 10.2. The van der Waals surface area contributed by atoms with Crippen molar-refractivity contribution in [3.8, 4) is 0 Å². The van der Waals surface area contributed by atoms with Crippen molar-refractivity contribution in [3.63, 3.8) is 0 Å². The van der Waals surface area contributed by atoms with Crippen LogP contribution in [-0.2, 0) is 16.1 Å². The van der Waals surface area contributed by atoms with Crippen molar-refractivity contribution in [1.82, 2.24) is 10.2 Å². The van der Waals surface area contributed by atoms with Gasteiger partial charge in [0, 0.05) is 12.6 Å². The first-order valence-corrected chi connectivity index (χ1v) is 7.73. The van der Waals surface area contributed by atoms with E-state index in [1.807, 2.05) is 19.9 Å². The van der Waals surface area contributed by atoms with Gasteiger partial charge in [0.05, 0.1) is 13.0 Å². The summed E-state index contributed by atoms with van der Waals surface area (Å²) in [7, 11) is 2.13. The van der Waals surface area contributed by atoms with Crippen LogP contribution in [-0.4, -0.2) is 43.7 Å². The molecule has 1 aromatic rings. The Bertz CT molecular complexity index is 395. The number of carbonyl (C=O) groups excluding carboxylic acids is 1. The highest BCUT2D eigenvalue weighted by Crippen LogP contribution is 2.02. The van der Waals surface area contributed by atoms with Crippen molar-refractivity contribution in [1.29, 1.82) is 0 Å². The third-order valence-electron chi connectivity index (χ3n) is 3.28. The summed E-state index contributed by atoms with van der Waals surface area (Å²) in [5.41, 5.74) is 1.34. The highest BCUT2D eigenvalue weighted by Gasteiger charge is 2.08. The second-order valence-electron chi connectivity index (χ2n) is 5.44. The van der Waals surface area contributed by atoms with Gasteiger partial charge in [-0.1, -0.05) is 30.3 Å². The van der Waals surface area contributed by atoms with Crippen molar-refractivity contribution in [3.05, 3.63) is 35.9 Å². The Labute approximate surface area is 128 Å². The van der Waals surface area contributed by atoms with Gasteiger partial charge in [-0.05, 0) is 46.0 Å². The lowest BCUT2D eigenvalue weighted by Gasteiger charge is -2.18. The first-order valence-electron chi connectivity index (χ1n) is 7.73. The van der Waals surface area contributed by atoms with Crippen LogP contribution in [0.4, 0.5) is 0 Å². The number of benzene rings is 1. The second kappa shape index (κ2) is 10.4. The molecule has 0 aliphatic rings. The van der Waals surface area contributed by atoms with E-state index in [1.54, 1.807) is 0 Å². The zero-order valence-electron chi connectivity index (χ0n) is 13.5. The first-order chi connectivity index (χ1) is 10.1. The molecule has 21 heavy (non-hydrogen) atoms. The van der Waals surface area contributed by atoms with Crippen LogP contribution in [0.25, 0.3) is 0 Å². The van der Waals surface area contributed by atoms with Crippen LogP contribution in [0, 0.1) is 0 Å². The molecule has 1 aromatic carbocycles. The van der Waals surface area contributed by atoms with Crippen molar-refractivity contribution >= 4 is 5.97 Å². The number of ether oxygens (including phenoxy) is 1. The molecule has 1 N–H and O–H groups in total. The lowest BCUT2D eigenvalue weighted by molar-refractivity contribution is -0.143. The summed E-state index contributed by atoms with van der Waals surface area (Å²) in [6, 6.07) is 10.7. The lowest BCUT2D eigenvalue weighted by Crippen LogP contribution is -2.31. The summed E-state index contributed by atoms with van der Waals surface area (Å²) in [5, 5.41) is 3.36. The van der Waals surface area contributed by atoms with Gasteiger partial charge in [-0.15, -0.1) is 0 Å². The molecule has 0 saturated heterocycles. The fourth-order valence-corrected chi connectivity index (χ4v) is 2.21. The van der Waals surface area contributed by atoms with E-state index in [0.717, 1.165) is 26.1 Å². The van der Waals surface area contributed by atoms with Gasteiger partial charge in [-0.2, -0.15) is 0 Å². The highest BCUT2D eigenvalue weighted by atomic mass is 16.5. The molecule has 0 amide bonds. The van der Waals surface area contributed by atoms with E-state index in [9.17, 15) is 4.79 Å². The van der Waals surface area contributed by atoms with E-state index in [4.69, 9.17) is 4.74 Å². The number of hydrogen-bond acceptors (Lipinski definition) is 4. The van der Waals surface area contributed by atoms with E-state index >= 15 is 0 Å². The van der Waals surface area contributed by atoms with E-state index in [2.05, 4.69) is 41.5 Å². The Morgan fingerprint density at radius 1 is 1.33 bits per heavy atom. The molecule has 0 bridgehead atoms. The van der Waals surface area contributed by atoms with Crippen LogP contribution in [0.2, 0.25) is 0 Å². The average Bonchev–Trinajstić information content (AvgIpc) is 2.45. The van der Waals surface area contributed by atoms with E-state index in [1.165, 1.54) is 5.56 Å². The molecule has 0 aliphatic carbocycles. The number of hydrogen-bond donors (Lipinski definition) is 1. The Morgan fingerprint density at radius 2 is 2.05 bits per heavy atom. The molecule has 0 heterocycles. The number of rotatable bonds is 10. The molecule has 1 unspecified atom stereocenters. The Kier molecular flexibility index (Phi) is 8.71. The van der Waals surface area contributed by atoms with Crippen LogP contribution < -0.4 is 5.32 Å². The first kappa shape index (κ1) is 17.7. The molecule has 0 aromatic heterocycles. The van der Waals surface area contributed by atoms with Crippen LogP contribution in [0.3, 0.4) is 0 Å². The predicted molar refractivity (Wildman–Crippen MR) is 86.1 cm³/mol. The summed E-state index contributed by atoms with van der Waals surface area (Å²) in [6.45, 7) is 7.23. The summed E-state index contributed by atoms with van der Waals surface area (Å²) in [5.74, 6) is -0.126. The van der Waals surface area contributed by atoms with E-state index in [-0.39, 0.29) is 12.0 Å². The molecule has 0 saturated carbocycles. The van der Waals surface area contributed by atoms with Crippen molar-refractivity contribution in [2.75, 3.05) is 26.7 Å². The minimum absolute atomic E-state index is 0.126. The van der Waals surface area contributed by atoms with Crippen molar-refractivity contribution in [2.45, 2.75) is 39.3 Å². The number of carbonyl (C=O) groups is 1. The molecule has 4 heteroatoms. The second-order valence-corrected chi connectivity index (χ2v) is 5.44. The largest absolute Gasteiger partial charge is 0.466 e. The maximum absolute atomic E-state index is 11.3. The van der Waals surface area contributed by atoms with Crippen LogP contribution in [0.1, 0.15) is 32.3 Å². The average molecular weight is 292 g/mol. The van der Waals surface area contributed by atoms with Crippen LogP contribution >= 0.6 is 0 Å². The van der Waals surface area contributed by atoms with Crippen LogP contribution in [0.5, 0.6) is 0 Å². The van der Waals surface area contributed by atoms with Gasteiger partial charge >= 0.3 is 5.97 Å². The number of nitrogens with zero attached hydrogens (tertiary/aromatic N) is 1. The van der Waals surface area contributed by atoms with Crippen LogP contribution in [0.15, 0.2) is 30.3 Å². The molecular formula is C17H28N2O2. The third-order valence-corrected chi connectivity index (χ3v) is 3.28. The van der Waals surface area contributed by atoms with Gasteiger partial charge < -0.3 is 15.0 Å². The maximum Gasteiger partial charge on any atom is 0.307 e. The molecule has 1 atom stereocenters. The molecule has 0 fully saturated rings. The normalized spacial score (nSPS) is 12.4. The Hall–Kier alpha value is -1.39. The maximum atomic E-state index is 11.3. The molecule has 0 spiro atoms.